The molecule has 0 spiro atoms. The zero-order valence-corrected chi connectivity index (χ0v) is 15.6. The number of benzene rings is 2. The molecule has 0 fully saturated rings. The smallest absolute Gasteiger partial charge is 0.387 e. The van der Waals surface area contributed by atoms with E-state index in [-0.39, 0.29) is 28.5 Å². The number of imidazole rings is 1. The fourth-order valence-electron chi connectivity index (χ4n) is 2.60. The zero-order chi connectivity index (χ0) is 21.7. The summed E-state index contributed by atoms with van der Waals surface area (Å²) in [5.41, 5.74) is 1.06. The number of carbonyl (C=O) groups excluding carboxylic acids is 1. The summed E-state index contributed by atoms with van der Waals surface area (Å²) in [5, 5.41) is 19.6. The van der Waals surface area contributed by atoms with Gasteiger partial charge in [-0.3, -0.25) is 0 Å². The first-order valence-corrected chi connectivity index (χ1v) is 8.50. The maximum Gasteiger partial charge on any atom is 0.387 e. The van der Waals surface area contributed by atoms with Crippen LogP contribution in [0.25, 0.3) is 16.6 Å². The Morgan fingerprint density at radius 3 is 2.70 bits per heavy atom. The van der Waals surface area contributed by atoms with E-state index in [1.165, 1.54) is 13.2 Å². The van der Waals surface area contributed by atoms with Gasteiger partial charge in [-0.05, 0) is 30.3 Å². The predicted octanol–water partition coefficient (Wildman–Crippen LogP) is 3.82. The second-order valence-corrected chi connectivity index (χ2v) is 5.86. The minimum atomic E-state index is -3.05. The normalized spacial score (nSPS) is 11.7. The summed E-state index contributed by atoms with van der Waals surface area (Å²) >= 11 is 0. The van der Waals surface area contributed by atoms with Crippen molar-refractivity contribution < 1.29 is 32.9 Å². The lowest BCUT2D eigenvalue weighted by Gasteiger charge is -2.11. The summed E-state index contributed by atoms with van der Waals surface area (Å²) in [5.74, 6) is -1.59. The summed E-state index contributed by atoms with van der Waals surface area (Å²) < 4.78 is 39.0. The molecule has 0 saturated heterocycles. The van der Waals surface area contributed by atoms with Crippen molar-refractivity contribution in [1.29, 1.82) is 5.26 Å². The molecule has 3 aromatic rings. The molecule has 3 rings (SSSR count). The summed E-state index contributed by atoms with van der Waals surface area (Å²) in [4.78, 5) is 19.4. The molecule has 0 bridgehead atoms. The fraction of sp³-hybridized carbons (Fsp3) is 0.150. The van der Waals surface area contributed by atoms with Crippen molar-refractivity contribution in [3.05, 3.63) is 59.6 Å². The third-order valence-electron chi connectivity index (χ3n) is 3.98. The standard InChI is InChI=1S/C20H15F2N3O5/c1-28-17-8-11(6-7-16(17)30-20(21)22)19(27)29-10-15(26)12(9-23)18-24-13-4-2-3-5-14(13)25-18/h2-8,20,26H,10H2,1H3,(H,24,25). The van der Waals surface area contributed by atoms with Gasteiger partial charge in [0.25, 0.3) is 0 Å². The number of aliphatic hydroxyl groups excluding tert-OH is 1. The van der Waals surface area contributed by atoms with Crippen LogP contribution in [0.3, 0.4) is 0 Å². The molecule has 8 nitrogen and oxygen atoms in total. The van der Waals surface area contributed by atoms with E-state index in [2.05, 4.69) is 14.7 Å². The number of nitrogens with zero attached hydrogens (tertiary/aromatic N) is 2. The van der Waals surface area contributed by atoms with Crippen LogP contribution in [-0.4, -0.2) is 41.4 Å². The molecular weight excluding hydrogens is 400 g/mol. The van der Waals surface area contributed by atoms with E-state index in [4.69, 9.17) is 9.47 Å². The Balaban J connectivity index is 1.76. The number of methoxy groups -OCH3 is 1. The number of carbonyl (C=O) groups is 1. The largest absolute Gasteiger partial charge is 0.507 e. The Hall–Kier alpha value is -4.13. The molecule has 0 atom stereocenters. The number of alkyl halides is 2. The van der Waals surface area contributed by atoms with E-state index in [0.29, 0.717) is 11.0 Å². The van der Waals surface area contributed by atoms with Crippen molar-refractivity contribution in [2.75, 3.05) is 13.7 Å². The molecule has 1 aromatic heterocycles. The monoisotopic (exact) mass is 415 g/mol. The van der Waals surface area contributed by atoms with Crippen molar-refractivity contribution >= 4 is 22.6 Å². The number of hydrogen-bond donors (Lipinski definition) is 2. The second-order valence-electron chi connectivity index (χ2n) is 5.86. The Morgan fingerprint density at radius 1 is 1.27 bits per heavy atom. The van der Waals surface area contributed by atoms with Crippen molar-refractivity contribution in [2.24, 2.45) is 0 Å². The Labute approximate surface area is 168 Å². The maximum absolute atomic E-state index is 12.4. The number of aliphatic hydroxyl groups is 1. The molecule has 1 heterocycles. The number of rotatable bonds is 7. The fourth-order valence-corrected chi connectivity index (χ4v) is 2.60. The van der Waals surface area contributed by atoms with Crippen LogP contribution in [0.1, 0.15) is 16.2 Å². The average Bonchev–Trinajstić information content (AvgIpc) is 3.16. The van der Waals surface area contributed by atoms with Crippen LogP contribution in [0.4, 0.5) is 8.78 Å². The van der Waals surface area contributed by atoms with E-state index < -0.39 is 24.9 Å². The van der Waals surface area contributed by atoms with Gasteiger partial charge in [0.15, 0.2) is 23.1 Å². The Morgan fingerprint density at radius 2 is 2.03 bits per heavy atom. The van der Waals surface area contributed by atoms with Gasteiger partial charge < -0.3 is 24.3 Å². The van der Waals surface area contributed by atoms with Crippen LogP contribution in [0.15, 0.2) is 48.2 Å². The molecule has 0 unspecified atom stereocenters. The lowest BCUT2D eigenvalue weighted by Crippen LogP contribution is -2.10. The third kappa shape index (κ3) is 4.47. The summed E-state index contributed by atoms with van der Waals surface area (Å²) in [7, 11) is 1.23. The van der Waals surface area contributed by atoms with E-state index in [1.807, 2.05) is 6.07 Å². The van der Waals surface area contributed by atoms with Crippen molar-refractivity contribution in [1.82, 2.24) is 9.97 Å². The number of nitrogens with one attached hydrogen (secondary N) is 1. The van der Waals surface area contributed by atoms with Gasteiger partial charge in [0.05, 0.1) is 23.7 Å². The van der Waals surface area contributed by atoms with Crippen molar-refractivity contribution in [3.8, 4) is 17.6 Å². The predicted molar refractivity (Wildman–Crippen MR) is 101 cm³/mol. The van der Waals surface area contributed by atoms with E-state index in [9.17, 15) is 23.9 Å². The van der Waals surface area contributed by atoms with Crippen molar-refractivity contribution in [2.45, 2.75) is 6.61 Å². The van der Waals surface area contributed by atoms with Gasteiger partial charge >= 0.3 is 12.6 Å². The van der Waals surface area contributed by atoms with Crippen LogP contribution in [-0.2, 0) is 4.74 Å². The van der Waals surface area contributed by atoms with Crippen LogP contribution >= 0.6 is 0 Å². The van der Waals surface area contributed by atoms with Gasteiger partial charge in [-0.1, -0.05) is 12.1 Å². The van der Waals surface area contributed by atoms with Gasteiger partial charge in [-0.15, -0.1) is 0 Å². The van der Waals surface area contributed by atoms with E-state index >= 15 is 0 Å². The Bertz CT molecular complexity index is 1120. The SMILES string of the molecule is COc1cc(C(=O)OCC(O)=C(C#N)c2nc3ccccc3[nH]2)ccc1OC(F)F. The maximum atomic E-state index is 12.4. The van der Waals surface area contributed by atoms with Gasteiger partial charge in [-0.25, -0.2) is 9.78 Å². The van der Waals surface area contributed by atoms with Gasteiger partial charge in [0, 0.05) is 0 Å². The first-order valence-electron chi connectivity index (χ1n) is 8.50. The number of nitriles is 1. The summed E-state index contributed by atoms with van der Waals surface area (Å²) in [6, 6.07) is 12.4. The number of esters is 1. The number of halogens is 2. The molecule has 0 aliphatic rings. The second kappa shape index (κ2) is 8.91. The highest BCUT2D eigenvalue weighted by Gasteiger charge is 2.18. The lowest BCUT2D eigenvalue weighted by atomic mass is 10.2. The number of para-hydroxylation sites is 2. The van der Waals surface area contributed by atoms with Crippen LogP contribution in [0.5, 0.6) is 11.5 Å². The molecule has 2 N–H and O–H groups in total. The molecule has 0 amide bonds. The third-order valence-corrected chi connectivity index (χ3v) is 3.98. The summed E-state index contributed by atoms with van der Waals surface area (Å²) in [6.45, 7) is -3.66. The molecule has 0 aliphatic heterocycles. The highest BCUT2D eigenvalue weighted by molar-refractivity contribution is 5.90. The number of aromatic amines is 1. The first-order chi connectivity index (χ1) is 14.4. The molecule has 30 heavy (non-hydrogen) atoms. The zero-order valence-electron chi connectivity index (χ0n) is 15.6. The van der Waals surface area contributed by atoms with Crippen molar-refractivity contribution in [3.63, 3.8) is 0 Å². The Kier molecular flexibility index (Phi) is 6.12. The minimum absolute atomic E-state index is 0.0245. The molecule has 0 radical (unpaired) electrons. The summed E-state index contributed by atoms with van der Waals surface area (Å²) in [6.07, 6.45) is 0. The number of ether oxygens (including phenoxy) is 3. The highest BCUT2D eigenvalue weighted by Crippen LogP contribution is 2.29. The van der Waals surface area contributed by atoms with Crippen LogP contribution < -0.4 is 9.47 Å². The van der Waals surface area contributed by atoms with E-state index in [0.717, 1.165) is 12.1 Å². The highest BCUT2D eigenvalue weighted by atomic mass is 19.3. The van der Waals surface area contributed by atoms with Crippen LogP contribution in [0.2, 0.25) is 0 Å². The average molecular weight is 415 g/mol. The molecule has 0 aliphatic carbocycles. The molecule has 0 saturated carbocycles. The lowest BCUT2D eigenvalue weighted by molar-refractivity contribution is -0.0512. The van der Waals surface area contributed by atoms with Gasteiger partial charge in [0.1, 0.15) is 18.2 Å². The molecule has 10 heteroatoms. The quantitative estimate of drug-likeness (QED) is 0.342. The molecule has 154 valence electrons. The van der Waals surface area contributed by atoms with E-state index in [1.54, 1.807) is 24.3 Å². The topological polar surface area (TPSA) is 117 Å². The van der Waals surface area contributed by atoms with Gasteiger partial charge in [-0.2, -0.15) is 14.0 Å². The molecule has 2 aromatic carbocycles. The number of allylic oxidation sites excluding steroid dienone is 1. The minimum Gasteiger partial charge on any atom is -0.507 e. The molecular formula is C20H15F2N3O5. The number of H-pyrrole nitrogens is 1. The first kappa shape index (κ1) is 20.6. The van der Waals surface area contributed by atoms with Gasteiger partial charge in [0.2, 0.25) is 0 Å². The van der Waals surface area contributed by atoms with Crippen LogP contribution in [0, 0.1) is 11.3 Å². The number of hydrogen-bond acceptors (Lipinski definition) is 7. The number of aromatic nitrogens is 2. The number of fused-ring (bicyclic) bond motifs is 1.